The second-order valence-electron chi connectivity index (χ2n) is 5.90. The molecule has 2 aromatic rings. The van der Waals surface area contributed by atoms with Crippen molar-refractivity contribution in [2.75, 3.05) is 17.6 Å². The summed E-state index contributed by atoms with van der Waals surface area (Å²) in [5, 5.41) is 2.80. The summed E-state index contributed by atoms with van der Waals surface area (Å²) in [7, 11) is 0. The number of benzene rings is 2. The zero-order chi connectivity index (χ0) is 18.2. The van der Waals surface area contributed by atoms with Crippen LogP contribution in [0.3, 0.4) is 0 Å². The van der Waals surface area contributed by atoms with Crippen LogP contribution >= 0.6 is 0 Å². The van der Waals surface area contributed by atoms with E-state index in [2.05, 4.69) is 5.32 Å². The Kier molecular flexibility index (Phi) is 6.57. The maximum Gasteiger partial charge on any atom is 0.255 e. The standard InChI is InChI=1S/C20H25N3O2/c1-3-7-19(24)23(4-2)14-15-10-12-16(13-11-15)20(25)22-18-9-6-5-8-17(18)21/h5-6,8-13H,3-4,7,14,21H2,1-2H3,(H,22,25). The van der Waals surface area contributed by atoms with Gasteiger partial charge in [0.25, 0.3) is 5.91 Å². The van der Waals surface area contributed by atoms with E-state index in [4.69, 9.17) is 5.73 Å². The highest BCUT2D eigenvalue weighted by atomic mass is 16.2. The fourth-order valence-corrected chi connectivity index (χ4v) is 2.54. The molecule has 0 aliphatic carbocycles. The number of anilines is 2. The molecule has 2 aromatic carbocycles. The van der Waals surface area contributed by atoms with Crippen molar-refractivity contribution in [1.29, 1.82) is 0 Å². The van der Waals surface area contributed by atoms with Gasteiger partial charge in [-0.3, -0.25) is 9.59 Å². The third-order valence-corrected chi connectivity index (χ3v) is 4.00. The second-order valence-corrected chi connectivity index (χ2v) is 5.90. The molecule has 132 valence electrons. The van der Waals surface area contributed by atoms with E-state index in [1.807, 2.05) is 43.0 Å². The van der Waals surface area contributed by atoms with Crippen molar-refractivity contribution in [2.24, 2.45) is 0 Å². The minimum atomic E-state index is -0.209. The molecule has 0 aliphatic rings. The minimum absolute atomic E-state index is 0.159. The molecule has 0 atom stereocenters. The summed E-state index contributed by atoms with van der Waals surface area (Å²) in [5.74, 6) is -0.0507. The molecule has 5 heteroatoms. The van der Waals surface area contributed by atoms with Crippen molar-refractivity contribution in [3.63, 3.8) is 0 Å². The second kappa shape index (κ2) is 8.87. The Morgan fingerprint density at radius 1 is 1.04 bits per heavy atom. The van der Waals surface area contributed by atoms with Crippen molar-refractivity contribution >= 4 is 23.2 Å². The first-order valence-electron chi connectivity index (χ1n) is 8.57. The van der Waals surface area contributed by atoms with E-state index in [9.17, 15) is 9.59 Å². The topological polar surface area (TPSA) is 75.4 Å². The Balaban J connectivity index is 2.02. The Bertz CT molecular complexity index is 726. The third-order valence-electron chi connectivity index (χ3n) is 4.00. The molecule has 0 fully saturated rings. The molecular formula is C20H25N3O2. The maximum absolute atomic E-state index is 12.3. The summed E-state index contributed by atoms with van der Waals surface area (Å²) in [6.07, 6.45) is 1.41. The highest BCUT2D eigenvalue weighted by molar-refractivity contribution is 6.05. The van der Waals surface area contributed by atoms with Gasteiger partial charge in [0.1, 0.15) is 0 Å². The van der Waals surface area contributed by atoms with Crippen LogP contribution in [0, 0.1) is 0 Å². The number of carbonyl (C=O) groups excluding carboxylic acids is 2. The van der Waals surface area contributed by atoms with Crippen molar-refractivity contribution < 1.29 is 9.59 Å². The molecule has 2 amide bonds. The quantitative estimate of drug-likeness (QED) is 0.756. The molecule has 0 saturated carbocycles. The van der Waals surface area contributed by atoms with Gasteiger partial charge in [-0.1, -0.05) is 31.2 Å². The number of nitrogens with two attached hydrogens (primary N) is 1. The van der Waals surface area contributed by atoms with Crippen molar-refractivity contribution in [3.8, 4) is 0 Å². The van der Waals surface area contributed by atoms with Crippen molar-refractivity contribution in [1.82, 2.24) is 4.90 Å². The van der Waals surface area contributed by atoms with Gasteiger partial charge in [-0.15, -0.1) is 0 Å². The first kappa shape index (κ1) is 18.5. The highest BCUT2D eigenvalue weighted by Crippen LogP contribution is 2.18. The zero-order valence-electron chi connectivity index (χ0n) is 14.8. The SMILES string of the molecule is CCCC(=O)N(CC)Cc1ccc(C(=O)Nc2ccccc2N)cc1. The van der Waals surface area contributed by atoms with Crippen molar-refractivity contribution in [3.05, 3.63) is 59.7 Å². The molecule has 0 unspecified atom stereocenters. The Labute approximate surface area is 148 Å². The van der Waals surface area contributed by atoms with Gasteiger partial charge in [-0.05, 0) is 43.2 Å². The number of hydrogen-bond donors (Lipinski definition) is 2. The molecule has 0 aromatic heterocycles. The average Bonchev–Trinajstić information content (AvgIpc) is 2.62. The summed E-state index contributed by atoms with van der Waals surface area (Å²) in [6.45, 7) is 5.20. The number of rotatable bonds is 7. The lowest BCUT2D eigenvalue weighted by molar-refractivity contribution is -0.131. The average molecular weight is 339 g/mol. The van der Waals surface area contributed by atoms with Crippen LogP contribution in [0.4, 0.5) is 11.4 Å². The summed E-state index contributed by atoms with van der Waals surface area (Å²) in [4.78, 5) is 26.2. The van der Waals surface area contributed by atoms with Gasteiger partial charge in [-0.25, -0.2) is 0 Å². The molecule has 3 N–H and O–H groups in total. The zero-order valence-corrected chi connectivity index (χ0v) is 14.8. The first-order chi connectivity index (χ1) is 12.0. The van der Waals surface area contributed by atoms with Crippen LogP contribution in [-0.2, 0) is 11.3 Å². The number of carbonyl (C=O) groups is 2. The molecule has 5 nitrogen and oxygen atoms in total. The number of amides is 2. The van der Waals surface area contributed by atoms with E-state index >= 15 is 0 Å². The molecule has 25 heavy (non-hydrogen) atoms. The Hall–Kier alpha value is -2.82. The number of nitrogens with zero attached hydrogens (tertiary/aromatic N) is 1. The Morgan fingerprint density at radius 2 is 1.72 bits per heavy atom. The molecule has 0 heterocycles. The van der Waals surface area contributed by atoms with Gasteiger partial charge in [0.15, 0.2) is 0 Å². The van der Waals surface area contributed by atoms with Crippen LogP contribution in [0.2, 0.25) is 0 Å². The summed E-state index contributed by atoms with van der Waals surface area (Å²) in [6, 6.07) is 14.4. The van der Waals surface area contributed by atoms with Crippen LogP contribution in [-0.4, -0.2) is 23.3 Å². The Morgan fingerprint density at radius 3 is 2.32 bits per heavy atom. The third kappa shape index (κ3) is 5.08. The predicted octanol–water partition coefficient (Wildman–Crippen LogP) is 3.67. The van der Waals surface area contributed by atoms with E-state index in [-0.39, 0.29) is 11.8 Å². The lowest BCUT2D eigenvalue weighted by atomic mass is 10.1. The lowest BCUT2D eigenvalue weighted by Gasteiger charge is -2.21. The lowest BCUT2D eigenvalue weighted by Crippen LogP contribution is -2.29. The molecule has 2 rings (SSSR count). The number of para-hydroxylation sites is 2. The molecule has 0 spiro atoms. The van der Waals surface area contributed by atoms with Crippen LogP contribution in [0.15, 0.2) is 48.5 Å². The number of hydrogen-bond acceptors (Lipinski definition) is 3. The summed E-state index contributed by atoms with van der Waals surface area (Å²) < 4.78 is 0. The normalized spacial score (nSPS) is 10.3. The summed E-state index contributed by atoms with van der Waals surface area (Å²) in [5.41, 5.74) is 8.52. The number of nitrogen functional groups attached to an aromatic ring is 1. The van der Waals surface area contributed by atoms with Gasteiger partial charge in [0.05, 0.1) is 11.4 Å². The van der Waals surface area contributed by atoms with Gasteiger partial charge in [0.2, 0.25) is 5.91 Å². The molecular weight excluding hydrogens is 314 g/mol. The fourth-order valence-electron chi connectivity index (χ4n) is 2.54. The fraction of sp³-hybridized carbons (Fsp3) is 0.300. The van der Waals surface area contributed by atoms with E-state index in [1.165, 1.54) is 0 Å². The minimum Gasteiger partial charge on any atom is -0.397 e. The molecule has 0 saturated heterocycles. The maximum atomic E-state index is 12.3. The predicted molar refractivity (Wildman–Crippen MR) is 101 cm³/mol. The van der Waals surface area contributed by atoms with E-state index in [1.54, 1.807) is 24.3 Å². The summed E-state index contributed by atoms with van der Waals surface area (Å²) >= 11 is 0. The monoisotopic (exact) mass is 339 g/mol. The van der Waals surface area contributed by atoms with Crippen molar-refractivity contribution in [2.45, 2.75) is 33.2 Å². The molecule has 0 bridgehead atoms. The van der Waals surface area contributed by atoms with Crippen LogP contribution in [0.5, 0.6) is 0 Å². The van der Waals surface area contributed by atoms with E-state index in [0.717, 1.165) is 12.0 Å². The largest absolute Gasteiger partial charge is 0.397 e. The first-order valence-corrected chi connectivity index (χ1v) is 8.57. The molecule has 0 radical (unpaired) electrons. The van der Waals surface area contributed by atoms with Crippen LogP contribution in [0.1, 0.15) is 42.6 Å². The van der Waals surface area contributed by atoms with Crippen LogP contribution < -0.4 is 11.1 Å². The molecule has 0 aliphatic heterocycles. The number of nitrogens with one attached hydrogen (secondary N) is 1. The van der Waals surface area contributed by atoms with Gasteiger partial charge in [-0.2, -0.15) is 0 Å². The van der Waals surface area contributed by atoms with Gasteiger partial charge < -0.3 is 16.0 Å². The smallest absolute Gasteiger partial charge is 0.255 e. The van der Waals surface area contributed by atoms with Gasteiger partial charge >= 0.3 is 0 Å². The van der Waals surface area contributed by atoms with E-state index < -0.39 is 0 Å². The van der Waals surface area contributed by atoms with E-state index in [0.29, 0.717) is 36.4 Å². The van der Waals surface area contributed by atoms with Gasteiger partial charge in [0, 0.05) is 25.1 Å². The highest BCUT2D eigenvalue weighted by Gasteiger charge is 2.12. The van der Waals surface area contributed by atoms with Crippen LogP contribution in [0.25, 0.3) is 0 Å².